The Morgan fingerprint density at radius 3 is 2.37 bits per heavy atom. The molecule has 0 atom stereocenters. The fourth-order valence-electron chi connectivity index (χ4n) is 2.56. The van der Waals surface area contributed by atoms with Crippen LogP contribution in [0.1, 0.15) is 11.1 Å². The van der Waals surface area contributed by atoms with Crippen molar-refractivity contribution in [3.8, 4) is 11.5 Å². The first-order chi connectivity index (χ1) is 12.7. The van der Waals surface area contributed by atoms with E-state index < -0.39 is 15.9 Å². The van der Waals surface area contributed by atoms with Gasteiger partial charge in [0.15, 0.2) is 0 Å². The molecular formula is C19H24N2O5S. The summed E-state index contributed by atoms with van der Waals surface area (Å²) in [5, 5.41) is 2.77. The third kappa shape index (κ3) is 5.13. The van der Waals surface area contributed by atoms with E-state index in [2.05, 4.69) is 5.32 Å². The number of aryl methyl sites for hydroxylation is 2. The number of nitrogens with zero attached hydrogens (tertiary/aromatic N) is 1. The molecule has 2 aromatic carbocycles. The van der Waals surface area contributed by atoms with E-state index in [1.165, 1.54) is 14.2 Å². The van der Waals surface area contributed by atoms with Crippen molar-refractivity contribution in [2.45, 2.75) is 13.8 Å². The van der Waals surface area contributed by atoms with Gasteiger partial charge in [0.1, 0.15) is 18.0 Å². The molecular weight excluding hydrogens is 368 g/mol. The highest BCUT2D eigenvalue weighted by Gasteiger charge is 2.24. The summed E-state index contributed by atoms with van der Waals surface area (Å²) in [6.07, 6.45) is 1.04. The molecule has 0 aliphatic rings. The van der Waals surface area contributed by atoms with Crippen molar-refractivity contribution in [2.24, 2.45) is 0 Å². The number of anilines is 2. The molecule has 0 bridgehead atoms. The number of hydrogen-bond donors (Lipinski definition) is 1. The maximum absolute atomic E-state index is 12.5. The van der Waals surface area contributed by atoms with Crippen molar-refractivity contribution in [3.05, 3.63) is 47.5 Å². The summed E-state index contributed by atoms with van der Waals surface area (Å²) in [4.78, 5) is 12.5. The molecule has 1 N–H and O–H groups in total. The first kappa shape index (κ1) is 20.6. The summed E-state index contributed by atoms with van der Waals surface area (Å²) in [7, 11) is -0.798. The van der Waals surface area contributed by atoms with Gasteiger partial charge in [0.05, 0.1) is 26.2 Å². The summed E-state index contributed by atoms with van der Waals surface area (Å²) in [6, 6.07) is 10.4. The van der Waals surface area contributed by atoms with Gasteiger partial charge in [-0.3, -0.25) is 9.10 Å². The van der Waals surface area contributed by atoms with Crippen LogP contribution < -0.4 is 19.1 Å². The van der Waals surface area contributed by atoms with Gasteiger partial charge in [-0.15, -0.1) is 0 Å². The van der Waals surface area contributed by atoms with E-state index in [0.717, 1.165) is 21.7 Å². The standard InChI is InChI=1S/C19H24N2O5S/c1-13-6-7-14(2)16(10-13)20-19(22)12-21(27(5,23)24)17-9-8-15(25-3)11-18(17)26-4/h6-11H,12H2,1-5H3,(H,20,22). The highest BCUT2D eigenvalue weighted by molar-refractivity contribution is 7.92. The number of hydrogen-bond acceptors (Lipinski definition) is 5. The molecule has 146 valence electrons. The first-order valence-electron chi connectivity index (χ1n) is 8.22. The van der Waals surface area contributed by atoms with Crippen LogP contribution in [0.5, 0.6) is 11.5 Å². The number of ether oxygens (including phenoxy) is 2. The number of methoxy groups -OCH3 is 2. The number of benzene rings is 2. The molecule has 0 radical (unpaired) electrons. The average Bonchev–Trinajstić information content (AvgIpc) is 2.61. The molecule has 7 nitrogen and oxygen atoms in total. The smallest absolute Gasteiger partial charge is 0.245 e. The zero-order valence-electron chi connectivity index (χ0n) is 16.1. The lowest BCUT2D eigenvalue weighted by molar-refractivity contribution is -0.114. The largest absolute Gasteiger partial charge is 0.497 e. The predicted octanol–water partition coefficient (Wildman–Crippen LogP) is 2.73. The van der Waals surface area contributed by atoms with Gasteiger partial charge < -0.3 is 14.8 Å². The first-order valence-corrected chi connectivity index (χ1v) is 10.1. The Balaban J connectivity index is 2.33. The van der Waals surface area contributed by atoms with Crippen LogP contribution in [0.3, 0.4) is 0 Å². The fraction of sp³-hybridized carbons (Fsp3) is 0.316. The molecule has 0 saturated heterocycles. The number of carbonyl (C=O) groups excluding carboxylic acids is 1. The van der Waals surface area contributed by atoms with E-state index in [9.17, 15) is 13.2 Å². The van der Waals surface area contributed by atoms with Gasteiger partial charge >= 0.3 is 0 Å². The molecule has 0 aliphatic heterocycles. The maximum Gasteiger partial charge on any atom is 0.245 e. The lowest BCUT2D eigenvalue weighted by atomic mass is 10.1. The molecule has 1 amide bonds. The predicted molar refractivity (Wildman–Crippen MR) is 106 cm³/mol. The Morgan fingerprint density at radius 1 is 1.07 bits per heavy atom. The van der Waals surface area contributed by atoms with E-state index in [-0.39, 0.29) is 12.2 Å². The average molecular weight is 392 g/mol. The van der Waals surface area contributed by atoms with Crippen LogP contribution in [0.2, 0.25) is 0 Å². The van der Waals surface area contributed by atoms with Gasteiger partial charge in [0.2, 0.25) is 15.9 Å². The summed E-state index contributed by atoms with van der Waals surface area (Å²) >= 11 is 0. The molecule has 0 unspecified atom stereocenters. The number of sulfonamides is 1. The van der Waals surface area contributed by atoms with Crippen molar-refractivity contribution >= 4 is 27.3 Å². The van der Waals surface area contributed by atoms with E-state index in [4.69, 9.17) is 9.47 Å². The van der Waals surface area contributed by atoms with Crippen LogP contribution in [0, 0.1) is 13.8 Å². The van der Waals surface area contributed by atoms with Crippen molar-refractivity contribution in [3.63, 3.8) is 0 Å². The third-order valence-corrected chi connectivity index (χ3v) is 5.14. The number of rotatable bonds is 7. The van der Waals surface area contributed by atoms with Crippen molar-refractivity contribution in [1.82, 2.24) is 0 Å². The molecule has 8 heteroatoms. The molecule has 27 heavy (non-hydrogen) atoms. The highest BCUT2D eigenvalue weighted by atomic mass is 32.2. The van der Waals surface area contributed by atoms with Crippen LogP contribution >= 0.6 is 0 Å². The second-order valence-corrected chi connectivity index (χ2v) is 8.08. The van der Waals surface area contributed by atoms with E-state index in [0.29, 0.717) is 17.2 Å². The lowest BCUT2D eigenvalue weighted by Crippen LogP contribution is -2.37. The molecule has 2 rings (SSSR count). The molecule has 0 heterocycles. The van der Waals surface area contributed by atoms with E-state index >= 15 is 0 Å². The Labute approximate surface area is 160 Å². The fourth-order valence-corrected chi connectivity index (χ4v) is 3.42. The number of amides is 1. The Kier molecular flexibility index (Phi) is 6.32. The van der Waals surface area contributed by atoms with E-state index in [1.807, 2.05) is 32.0 Å². The number of carbonyl (C=O) groups is 1. The minimum absolute atomic E-state index is 0.261. The molecule has 0 aliphatic carbocycles. The van der Waals surface area contributed by atoms with Gasteiger partial charge in [-0.2, -0.15) is 0 Å². The van der Waals surface area contributed by atoms with Gasteiger partial charge in [-0.1, -0.05) is 12.1 Å². The monoisotopic (exact) mass is 392 g/mol. The van der Waals surface area contributed by atoms with Gasteiger partial charge in [-0.05, 0) is 43.2 Å². The van der Waals surface area contributed by atoms with Crippen LogP contribution in [0.25, 0.3) is 0 Å². The summed E-state index contributed by atoms with van der Waals surface area (Å²) < 4.78 is 36.1. The van der Waals surface area contributed by atoms with Crippen LogP contribution in [0.4, 0.5) is 11.4 Å². The second kappa shape index (κ2) is 8.30. The van der Waals surface area contributed by atoms with Crippen molar-refractivity contribution < 1.29 is 22.7 Å². The van der Waals surface area contributed by atoms with Crippen LogP contribution in [-0.2, 0) is 14.8 Å². The second-order valence-electron chi connectivity index (χ2n) is 6.17. The van der Waals surface area contributed by atoms with E-state index in [1.54, 1.807) is 18.2 Å². The van der Waals surface area contributed by atoms with Crippen molar-refractivity contribution in [1.29, 1.82) is 0 Å². The summed E-state index contributed by atoms with van der Waals surface area (Å²) in [5.41, 5.74) is 2.79. The third-order valence-electron chi connectivity index (χ3n) is 4.01. The highest BCUT2D eigenvalue weighted by Crippen LogP contribution is 2.33. The normalized spacial score (nSPS) is 11.0. The summed E-state index contributed by atoms with van der Waals surface area (Å²) in [5.74, 6) is 0.357. The quantitative estimate of drug-likeness (QED) is 0.783. The maximum atomic E-state index is 12.5. The SMILES string of the molecule is COc1ccc(N(CC(=O)Nc2cc(C)ccc2C)S(C)(=O)=O)c(OC)c1. The Morgan fingerprint density at radius 2 is 1.78 bits per heavy atom. The minimum Gasteiger partial charge on any atom is -0.497 e. The zero-order chi connectivity index (χ0) is 20.2. The van der Waals surface area contributed by atoms with Crippen molar-refractivity contribution in [2.75, 3.05) is 36.6 Å². The van der Waals surface area contributed by atoms with Crippen LogP contribution in [0.15, 0.2) is 36.4 Å². The minimum atomic E-state index is -3.72. The summed E-state index contributed by atoms with van der Waals surface area (Å²) in [6.45, 7) is 3.41. The Hall–Kier alpha value is -2.74. The van der Waals surface area contributed by atoms with Crippen LogP contribution in [-0.4, -0.2) is 41.3 Å². The molecule has 0 fully saturated rings. The molecule has 2 aromatic rings. The number of nitrogens with one attached hydrogen (secondary N) is 1. The molecule has 0 saturated carbocycles. The molecule has 0 aromatic heterocycles. The van der Waals surface area contributed by atoms with Gasteiger partial charge in [0.25, 0.3) is 0 Å². The Bertz CT molecular complexity index is 941. The lowest BCUT2D eigenvalue weighted by Gasteiger charge is -2.24. The van der Waals surface area contributed by atoms with Gasteiger partial charge in [-0.25, -0.2) is 8.42 Å². The molecule has 0 spiro atoms. The zero-order valence-corrected chi connectivity index (χ0v) is 16.9. The van der Waals surface area contributed by atoms with Gasteiger partial charge in [0, 0.05) is 11.8 Å². The topological polar surface area (TPSA) is 84.9 Å².